The van der Waals surface area contributed by atoms with Crippen LogP contribution in [0, 0.1) is 0 Å². The van der Waals surface area contributed by atoms with Gasteiger partial charge in [0, 0.05) is 16.3 Å². The minimum atomic E-state index is -0.252. The van der Waals surface area contributed by atoms with Gasteiger partial charge in [0.05, 0.1) is 18.6 Å². The fraction of sp³-hybridized carbons (Fsp3) is 0.120. The van der Waals surface area contributed by atoms with Crippen LogP contribution in [0.2, 0.25) is 5.02 Å². The van der Waals surface area contributed by atoms with Crippen molar-refractivity contribution in [3.63, 3.8) is 0 Å². The Kier molecular flexibility index (Phi) is 7.95. The second kappa shape index (κ2) is 11.5. The topological polar surface area (TPSA) is 81.4 Å². The minimum Gasteiger partial charge on any atom is -0.494 e. The van der Waals surface area contributed by atoms with E-state index in [2.05, 4.69) is 20.7 Å². The highest BCUT2D eigenvalue weighted by atomic mass is 35.5. The van der Waals surface area contributed by atoms with E-state index >= 15 is 0 Å². The van der Waals surface area contributed by atoms with Crippen LogP contribution in [0.4, 0.5) is 0 Å². The fourth-order valence-corrected chi connectivity index (χ4v) is 3.99. The molecule has 7 nitrogen and oxygen atoms in total. The Hall–Kier alpha value is -3.62. The average molecular weight is 492 g/mol. The van der Waals surface area contributed by atoms with Crippen LogP contribution in [-0.2, 0) is 4.79 Å². The predicted octanol–water partition coefficient (Wildman–Crippen LogP) is 5.23. The molecule has 0 radical (unpaired) electrons. The van der Waals surface area contributed by atoms with Crippen LogP contribution in [-0.4, -0.2) is 39.2 Å². The number of aromatic nitrogens is 3. The molecule has 0 aliphatic heterocycles. The Bertz CT molecular complexity index is 1260. The van der Waals surface area contributed by atoms with Crippen molar-refractivity contribution in [1.82, 2.24) is 20.2 Å². The SMILES string of the molecule is CCOc1ccc(-n2c(SCC(=O)N/N=C\c3ccc(Cl)cc3)nnc2-c2ccccc2)cc1. The molecule has 0 fully saturated rings. The predicted molar refractivity (Wildman–Crippen MR) is 136 cm³/mol. The summed E-state index contributed by atoms with van der Waals surface area (Å²) in [6.07, 6.45) is 1.56. The molecule has 1 N–H and O–H groups in total. The summed E-state index contributed by atoms with van der Waals surface area (Å²) in [6, 6.07) is 24.7. The minimum absolute atomic E-state index is 0.127. The molecule has 0 unspecified atom stereocenters. The molecule has 1 heterocycles. The summed E-state index contributed by atoms with van der Waals surface area (Å²) in [5, 5.41) is 14.0. The molecule has 0 aliphatic rings. The van der Waals surface area contributed by atoms with E-state index in [-0.39, 0.29) is 11.7 Å². The van der Waals surface area contributed by atoms with Crippen molar-refractivity contribution in [3.05, 3.63) is 89.4 Å². The number of benzene rings is 3. The van der Waals surface area contributed by atoms with Gasteiger partial charge in [0.2, 0.25) is 0 Å². The van der Waals surface area contributed by atoms with Crippen LogP contribution >= 0.6 is 23.4 Å². The lowest BCUT2D eigenvalue weighted by molar-refractivity contribution is -0.118. The van der Waals surface area contributed by atoms with Gasteiger partial charge in [-0.25, -0.2) is 5.43 Å². The lowest BCUT2D eigenvalue weighted by atomic mass is 10.2. The summed E-state index contributed by atoms with van der Waals surface area (Å²) in [6.45, 7) is 2.54. The summed E-state index contributed by atoms with van der Waals surface area (Å²) in [5.74, 6) is 1.35. The van der Waals surface area contributed by atoms with Gasteiger partial charge in [-0.15, -0.1) is 10.2 Å². The van der Waals surface area contributed by atoms with Crippen molar-refractivity contribution in [1.29, 1.82) is 0 Å². The third kappa shape index (κ3) is 6.03. The van der Waals surface area contributed by atoms with E-state index in [1.807, 2.05) is 78.2 Å². The number of thioether (sulfide) groups is 1. The molecule has 9 heteroatoms. The van der Waals surface area contributed by atoms with Gasteiger partial charge in [0.25, 0.3) is 5.91 Å². The van der Waals surface area contributed by atoms with Crippen molar-refractivity contribution in [2.75, 3.05) is 12.4 Å². The molecule has 172 valence electrons. The van der Waals surface area contributed by atoms with E-state index in [4.69, 9.17) is 16.3 Å². The number of halogens is 1. The first-order chi connectivity index (χ1) is 16.6. The molecule has 0 aliphatic carbocycles. The first kappa shape index (κ1) is 23.5. The maximum Gasteiger partial charge on any atom is 0.250 e. The Morgan fingerprint density at radius 3 is 2.50 bits per heavy atom. The van der Waals surface area contributed by atoms with E-state index in [1.54, 1.807) is 18.3 Å². The molecule has 34 heavy (non-hydrogen) atoms. The summed E-state index contributed by atoms with van der Waals surface area (Å²) < 4.78 is 7.49. The molecule has 0 spiro atoms. The summed E-state index contributed by atoms with van der Waals surface area (Å²) in [4.78, 5) is 12.4. The summed E-state index contributed by atoms with van der Waals surface area (Å²) in [7, 11) is 0. The fourth-order valence-electron chi connectivity index (χ4n) is 3.12. The van der Waals surface area contributed by atoms with Crippen molar-refractivity contribution >= 4 is 35.5 Å². The molecular weight excluding hydrogens is 470 g/mol. The van der Waals surface area contributed by atoms with E-state index in [1.165, 1.54) is 11.8 Å². The highest BCUT2D eigenvalue weighted by Gasteiger charge is 2.17. The van der Waals surface area contributed by atoms with Gasteiger partial charge in [-0.05, 0) is 48.9 Å². The van der Waals surface area contributed by atoms with Crippen LogP contribution in [0.25, 0.3) is 17.1 Å². The lowest BCUT2D eigenvalue weighted by Crippen LogP contribution is -2.20. The summed E-state index contributed by atoms with van der Waals surface area (Å²) >= 11 is 7.16. The Morgan fingerprint density at radius 2 is 1.79 bits per heavy atom. The molecule has 0 saturated heterocycles. The van der Waals surface area contributed by atoms with E-state index in [0.29, 0.717) is 22.6 Å². The maximum atomic E-state index is 12.4. The molecule has 4 aromatic rings. The van der Waals surface area contributed by atoms with Gasteiger partial charge in [-0.1, -0.05) is 65.8 Å². The second-order valence-electron chi connectivity index (χ2n) is 7.07. The number of carbonyl (C=O) groups is 1. The van der Waals surface area contributed by atoms with Gasteiger partial charge >= 0.3 is 0 Å². The van der Waals surface area contributed by atoms with Gasteiger partial charge in [0.15, 0.2) is 11.0 Å². The number of nitrogens with zero attached hydrogens (tertiary/aromatic N) is 4. The van der Waals surface area contributed by atoms with E-state index in [9.17, 15) is 4.79 Å². The van der Waals surface area contributed by atoms with Crippen LogP contribution < -0.4 is 10.2 Å². The van der Waals surface area contributed by atoms with Gasteiger partial charge in [-0.2, -0.15) is 5.10 Å². The monoisotopic (exact) mass is 491 g/mol. The molecule has 3 aromatic carbocycles. The molecule has 0 atom stereocenters. The van der Waals surface area contributed by atoms with Gasteiger partial charge in [0.1, 0.15) is 5.75 Å². The zero-order valence-electron chi connectivity index (χ0n) is 18.4. The standard InChI is InChI=1S/C25H22ClN5O2S/c1-2-33-22-14-12-21(13-15-22)31-24(19-6-4-3-5-7-19)29-30-25(31)34-17-23(32)28-27-16-18-8-10-20(26)11-9-18/h3-16H,2,17H2,1H3,(H,28,32)/b27-16-. The van der Waals surface area contributed by atoms with Crippen LogP contribution in [0.3, 0.4) is 0 Å². The molecule has 4 rings (SSSR count). The van der Waals surface area contributed by atoms with Crippen LogP contribution in [0.5, 0.6) is 5.75 Å². The molecule has 1 aromatic heterocycles. The Morgan fingerprint density at radius 1 is 1.06 bits per heavy atom. The number of carbonyl (C=O) groups excluding carboxylic acids is 1. The average Bonchev–Trinajstić information content (AvgIpc) is 3.29. The maximum absolute atomic E-state index is 12.4. The van der Waals surface area contributed by atoms with Crippen molar-refractivity contribution in [3.8, 4) is 22.8 Å². The molecule has 1 amide bonds. The largest absolute Gasteiger partial charge is 0.494 e. The molecule has 0 bridgehead atoms. The Balaban J connectivity index is 1.50. The second-order valence-corrected chi connectivity index (χ2v) is 8.45. The number of ether oxygens (including phenoxy) is 1. The summed E-state index contributed by atoms with van der Waals surface area (Å²) in [5.41, 5.74) is 5.17. The van der Waals surface area contributed by atoms with Crippen molar-refractivity contribution in [2.24, 2.45) is 5.10 Å². The lowest BCUT2D eigenvalue weighted by Gasteiger charge is -2.11. The Labute approximate surface area is 206 Å². The van der Waals surface area contributed by atoms with E-state index < -0.39 is 0 Å². The molecular formula is C25H22ClN5O2S. The van der Waals surface area contributed by atoms with Crippen LogP contribution in [0.15, 0.2) is 89.1 Å². The highest BCUT2D eigenvalue weighted by Crippen LogP contribution is 2.28. The first-order valence-corrected chi connectivity index (χ1v) is 11.9. The highest BCUT2D eigenvalue weighted by molar-refractivity contribution is 7.99. The zero-order valence-corrected chi connectivity index (χ0v) is 20.0. The quantitative estimate of drug-likeness (QED) is 0.197. The number of hydrogen-bond donors (Lipinski definition) is 1. The third-order valence-electron chi connectivity index (χ3n) is 4.68. The van der Waals surface area contributed by atoms with Crippen LogP contribution in [0.1, 0.15) is 12.5 Å². The number of nitrogens with one attached hydrogen (secondary N) is 1. The van der Waals surface area contributed by atoms with Crippen molar-refractivity contribution < 1.29 is 9.53 Å². The number of amides is 1. The number of rotatable bonds is 9. The van der Waals surface area contributed by atoms with Gasteiger partial charge in [-0.3, -0.25) is 9.36 Å². The van der Waals surface area contributed by atoms with E-state index in [0.717, 1.165) is 22.6 Å². The van der Waals surface area contributed by atoms with Gasteiger partial charge < -0.3 is 4.74 Å². The first-order valence-electron chi connectivity index (χ1n) is 10.6. The normalized spacial score (nSPS) is 11.0. The number of hydrogen-bond acceptors (Lipinski definition) is 6. The zero-order chi connectivity index (χ0) is 23.8. The smallest absolute Gasteiger partial charge is 0.250 e. The van der Waals surface area contributed by atoms with Crippen molar-refractivity contribution in [2.45, 2.75) is 12.1 Å². The third-order valence-corrected chi connectivity index (χ3v) is 5.86. The number of hydrazone groups is 1. The molecule has 0 saturated carbocycles.